The lowest BCUT2D eigenvalue weighted by Crippen LogP contribution is -2.61. The number of fused-ring (bicyclic) bond motifs is 1. The molecule has 9 rings (SSSR count). The number of carbonyl (C=O) groups excluding carboxylic acids is 5. The summed E-state index contributed by atoms with van der Waals surface area (Å²) in [7, 11) is 0. The van der Waals surface area contributed by atoms with Gasteiger partial charge >= 0.3 is 0 Å². The van der Waals surface area contributed by atoms with E-state index in [2.05, 4.69) is 30.3 Å². The first-order valence-corrected chi connectivity index (χ1v) is 30.5. The topological polar surface area (TPSA) is 205 Å². The van der Waals surface area contributed by atoms with E-state index < -0.39 is 35.7 Å². The Hall–Kier alpha value is -6.53. The molecule has 450 valence electrons. The zero-order valence-corrected chi connectivity index (χ0v) is 50.6. The standard InChI is InChI=1S/C36H47N5O4.C31H41ClN4O3/c1-36(2,3)39-35(45)31-24-40(22-26-12-9-15-37-21-26)16-17-41(31)23-29(42)19-28(18-25-10-5-4-6-11-25)34(44)38-33-30-14-8-7-13-27(30)20-32(33)43;1-22-4-9-28(21-29(22)32)36(31(39)27-12-18-35(19-13-27)23(2)37)15-3-14-34-16-10-25(11-17-34)20-24-5-7-26(8-6-24)30(33)38/h4-15,21,28-29,31-33,42-43H,16-20,22-24H2,1-3H3,(H,38,44)(H,39,45);4-9,21,25,27H,3,10-20H2,1-2H3,(H2,33,38)/t28-,29+,31+,32-,33+;/m1./s1. The summed E-state index contributed by atoms with van der Waals surface area (Å²) in [5.74, 6) is -0.398. The van der Waals surface area contributed by atoms with Gasteiger partial charge in [-0.1, -0.05) is 90.5 Å². The molecule has 5 aromatic rings. The average molecular weight is 1170 g/mol. The number of halogens is 1. The van der Waals surface area contributed by atoms with Gasteiger partial charge in [-0.05, 0) is 168 Å². The maximum Gasteiger partial charge on any atom is 0.248 e. The molecule has 0 unspecified atom stereocenters. The smallest absolute Gasteiger partial charge is 0.248 e. The molecule has 0 radical (unpaired) electrons. The Morgan fingerprint density at radius 2 is 1.52 bits per heavy atom. The number of aliphatic hydroxyl groups is 2. The molecule has 0 spiro atoms. The summed E-state index contributed by atoms with van der Waals surface area (Å²) in [5.41, 5.74) is 12.7. The van der Waals surface area contributed by atoms with Crippen molar-refractivity contribution < 1.29 is 34.2 Å². The summed E-state index contributed by atoms with van der Waals surface area (Å²) in [6, 6.07) is 34.1. The highest BCUT2D eigenvalue weighted by Crippen LogP contribution is 2.33. The highest BCUT2D eigenvalue weighted by Gasteiger charge is 2.38. The molecule has 84 heavy (non-hydrogen) atoms. The molecule has 3 fully saturated rings. The number of nitrogens with one attached hydrogen (secondary N) is 2. The van der Waals surface area contributed by atoms with Gasteiger partial charge in [0, 0.05) is 112 Å². The first kappa shape index (κ1) is 63.5. The van der Waals surface area contributed by atoms with Crippen LogP contribution in [0, 0.1) is 24.7 Å². The van der Waals surface area contributed by atoms with Crippen molar-refractivity contribution >= 4 is 46.8 Å². The van der Waals surface area contributed by atoms with Crippen LogP contribution < -0.4 is 21.3 Å². The van der Waals surface area contributed by atoms with Crippen LogP contribution in [0.4, 0.5) is 5.69 Å². The van der Waals surface area contributed by atoms with Crippen LogP contribution in [0.3, 0.4) is 0 Å². The Morgan fingerprint density at radius 3 is 2.19 bits per heavy atom. The number of primary amides is 1. The molecular formula is C67H88ClN9O7. The quantitative estimate of drug-likeness (QED) is 0.0515. The molecule has 4 heterocycles. The zero-order valence-electron chi connectivity index (χ0n) is 49.8. The normalized spacial score (nSPS) is 19.8. The van der Waals surface area contributed by atoms with Crippen LogP contribution in [-0.2, 0) is 45.0 Å². The highest BCUT2D eigenvalue weighted by atomic mass is 35.5. The van der Waals surface area contributed by atoms with Crippen LogP contribution in [-0.4, -0.2) is 154 Å². The molecule has 0 saturated carbocycles. The molecular weight excluding hydrogens is 1080 g/mol. The Labute approximate surface area is 502 Å². The molecule has 6 N–H and O–H groups in total. The number of β-amino-alcohol motifs (C(OH)–C–C–N with tert-alkyl or cyclic N) is 1. The lowest BCUT2D eigenvalue weighted by molar-refractivity contribution is -0.133. The second-order valence-corrected chi connectivity index (χ2v) is 25.1. The van der Waals surface area contributed by atoms with Gasteiger partial charge in [-0.25, -0.2) is 0 Å². The van der Waals surface area contributed by atoms with E-state index in [9.17, 15) is 34.2 Å². The van der Waals surface area contributed by atoms with E-state index in [-0.39, 0.29) is 48.4 Å². The van der Waals surface area contributed by atoms with Crippen molar-refractivity contribution in [3.8, 4) is 0 Å². The molecule has 4 aromatic carbocycles. The van der Waals surface area contributed by atoms with E-state index in [1.807, 2.05) is 153 Å². The van der Waals surface area contributed by atoms with Crippen molar-refractivity contribution in [2.24, 2.45) is 23.5 Å². The predicted molar refractivity (Wildman–Crippen MR) is 330 cm³/mol. The van der Waals surface area contributed by atoms with Gasteiger partial charge < -0.3 is 41.3 Å². The monoisotopic (exact) mass is 1170 g/mol. The molecule has 5 atom stereocenters. The van der Waals surface area contributed by atoms with Gasteiger partial charge in [0.2, 0.25) is 29.5 Å². The van der Waals surface area contributed by atoms with Gasteiger partial charge in [0.25, 0.3) is 0 Å². The number of benzene rings is 4. The fraction of sp³-hybridized carbons (Fsp3) is 0.493. The first-order valence-electron chi connectivity index (χ1n) is 30.2. The van der Waals surface area contributed by atoms with Crippen molar-refractivity contribution in [3.05, 3.63) is 166 Å². The lowest BCUT2D eigenvalue weighted by atomic mass is 9.90. The van der Waals surface area contributed by atoms with Crippen LogP contribution in [0.5, 0.6) is 0 Å². The van der Waals surface area contributed by atoms with Crippen LogP contribution in [0.2, 0.25) is 5.02 Å². The largest absolute Gasteiger partial charge is 0.392 e. The molecule has 3 saturated heterocycles. The lowest BCUT2D eigenvalue weighted by Gasteiger charge is -2.42. The van der Waals surface area contributed by atoms with Crippen molar-refractivity contribution in [1.29, 1.82) is 0 Å². The molecule has 3 aliphatic heterocycles. The first-order chi connectivity index (χ1) is 40.3. The number of hydrogen-bond acceptors (Lipinski definition) is 11. The maximum atomic E-state index is 13.8. The predicted octanol–water partition coefficient (Wildman–Crippen LogP) is 7.55. The van der Waals surface area contributed by atoms with Crippen molar-refractivity contribution in [3.63, 3.8) is 0 Å². The number of aliphatic hydroxyl groups excluding tert-OH is 2. The summed E-state index contributed by atoms with van der Waals surface area (Å²) in [5, 5.41) is 29.2. The van der Waals surface area contributed by atoms with E-state index in [1.54, 1.807) is 13.1 Å². The molecule has 4 aliphatic rings. The van der Waals surface area contributed by atoms with Crippen molar-refractivity contribution in [2.75, 3.05) is 70.3 Å². The summed E-state index contributed by atoms with van der Waals surface area (Å²) in [6.07, 6.45) is 8.86. The molecule has 16 nitrogen and oxygen atoms in total. The van der Waals surface area contributed by atoms with Gasteiger partial charge in [0.05, 0.1) is 18.2 Å². The fourth-order valence-electron chi connectivity index (χ4n) is 12.3. The fourth-order valence-corrected chi connectivity index (χ4v) is 12.5. The number of pyridine rings is 1. The Kier molecular flexibility index (Phi) is 22.7. The van der Waals surface area contributed by atoms with E-state index >= 15 is 0 Å². The number of rotatable bonds is 20. The second kappa shape index (κ2) is 30.0. The molecule has 0 bridgehead atoms. The van der Waals surface area contributed by atoms with E-state index in [0.717, 1.165) is 85.4 Å². The number of aromatic nitrogens is 1. The van der Waals surface area contributed by atoms with Crippen molar-refractivity contribution in [2.45, 2.75) is 129 Å². The Bertz CT molecular complexity index is 2970. The maximum absolute atomic E-state index is 13.8. The summed E-state index contributed by atoms with van der Waals surface area (Å²) in [4.78, 5) is 78.8. The number of nitrogens with zero attached hydrogens (tertiary/aromatic N) is 6. The number of anilines is 1. The van der Waals surface area contributed by atoms with Gasteiger partial charge in [-0.15, -0.1) is 0 Å². The Balaban J connectivity index is 0.000000221. The molecule has 5 amide bonds. The highest BCUT2D eigenvalue weighted by molar-refractivity contribution is 6.31. The number of nitrogens with two attached hydrogens (primary N) is 1. The Morgan fingerprint density at radius 1 is 0.821 bits per heavy atom. The number of piperazine rings is 1. The minimum atomic E-state index is -0.833. The minimum Gasteiger partial charge on any atom is -0.392 e. The van der Waals surface area contributed by atoms with Crippen molar-refractivity contribution in [1.82, 2.24) is 35.2 Å². The number of hydrogen-bond donors (Lipinski definition) is 5. The third kappa shape index (κ3) is 18.2. The van der Waals surface area contributed by atoms with E-state index in [1.165, 1.54) is 5.56 Å². The van der Waals surface area contributed by atoms with Crippen LogP contribution in [0.15, 0.2) is 122 Å². The molecule has 17 heteroatoms. The summed E-state index contributed by atoms with van der Waals surface area (Å²) >= 11 is 6.44. The van der Waals surface area contributed by atoms with Gasteiger partial charge in [-0.3, -0.25) is 38.8 Å². The number of piperidine rings is 2. The zero-order chi connectivity index (χ0) is 59.9. The van der Waals surface area contributed by atoms with Crippen LogP contribution >= 0.6 is 11.6 Å². The number of amides is 5. The minimum absolute atomic E-state index is 0.0712. The molecule has 1 aromatic heterocycles. The van der Waals surface area contributed by atoms with Crippen LogP contribution in [0.25, 0.3) is 0 Å². The van der Waals surface area contributed by atoms with E-state index in [0.29, 0.717) is 81.5 Å². The average Bonchev–Trinajstić information content (AvgIpc) is 3.87. The SMILES string of the molecule is CC(=O)N1CCC(C(=O)N(CCCN2CCC(Cc3ccc(C(N)=O)cc3)CC2)c2ccc(C)c(Cl)c2)CC1.CC(C)(C)NC(=O)[C@@H]1CN(Cc2cccnc2)CCN1C[C@@H](O)C[C@@H](Cc1ccccc1)C(=O)N[C@H]1c2ccccc2C[C@H]1O. The second-order valence-electron chi connectivity index (χ2n) is 24.7. The number of aryl methyl sites for hydroxylation is 1. The third-order valence-corrected chi connectivity index (χ3v) is 17.5. The van der Waals surface area contributed by atoms with Gasteiger partial charge in [0.15, 0.2) is 0 Å². The summed E-state index contributed by atoms with van der Waals surface area (Å²) < 4.78 is 0. The van der Waals surface area contributed by atoms with E-state index in [4.69, 9.17) is 17.3 Å². The van der Waals surface area contributed by atoms with Gasteiger partial charge in [0.1, 0.15) is 6.04 Å². The third-order valence-electron chi connectivity index (χ3n) is 17.1. The summed E-state index contributed by atoms with van der Waals surface area (Å²) in [6.45, 7) is 17.3. The molecule has 1 aliphatic carbocycles. The van der Waals surface area contributed by atoms with Gasteiger partial charge in [-0.2, -0.15) is 0 Å². The van der Waals surface area contributed by atoms with Crippen LogP contribution in [0.1, 0.15) is 116 Å². The number of likely N-dealkylation sites (tertiary alicyclic amines) is 2. The number of carbonyl (C=O) groups is 5.